The van der Waals surface area contributed by atoms with E-state index in [0.29, 0.717) is 17.0 Å². The van der Waals surface area contributed by atoms with E-state index < -0.39 is 0 Å². The highest BCUT2D eigenvalue weighted by atomic mass is 14.9. The summed E-state index contributed by atoms with van der Waals surface area (Å²) in [4.78, 5) is 10.6. The zero-order valence-corrected chi connectivity index (χ0v) is 28.0. The maximum atomic E-state index is 9.48. The van der Waals surface area contributed by atoms with Crippen LogP contribution in [0, 0.1) is 22.7 Å². The van der Waals surface area contributed by atoms with Crippen molar-refractivity contribution in [2.75, 3.05) is 0 Å². The molecule has 0 spiro atoms. The van der Waals surface area contributed by atoms with Crippen LogP contribution in [0.5, 0.6) is 0 Å². The molecule has 0 bridgehead atoms. The Balaban J connectivity index is 1.31. The molecular weight excluding hydrogens is 633 g/mol. The van der Waals surface area contributed by atoms with Gasteiger partial charge in [0.05, 0.1) is 34.5 Å². The molecule has 0 aliphatic heterocycles. The Hall–Kier alpha value is -7.40. The first-order chi connectivity index (χ1) is 25.6. The summed E-state index contributed by atoms with van der Waals surface area (Å²) in [6.07, 6.45) is 0. The van der Waals surface area contributed by atoms with Gasteiger partial charge in [0, 0.05) is 22.1 Å². The van der Waals surface area contributed by atoms with Crippen molar-refractivity contribution >= 4 is 32.4 Å². The summed E-state index contributed by atoms with van der Waals surface area (Å²) in [5.74, 6) is 0.587. The van der Waals surface area contributed by atoms with Crippen LogP contribution in [0.2, 0.25) is 0 Å². The van der Waals surface area contributed by atoms with Crippen LogP contribution in [0.15, 0.2) is 170 Å². The summed E-state index contributed by atoms with van der Waals surface area (Å²) < 4.78 is 0. The third kappa shape index (κ3) is 5.61. The summed E-state index contributed by atoms with van der Waals surface area (Å²) >= 11 is 0. The summed E-state index contributed by atoms with van der Waals surface area (Å²) in [5.41, 5.74) is 11.0. The standard InChI is InChI=1S/C48H28N4/c49-29-31-9-13-35(14-10-31)36-17-21-37(22-18-36)46-45-28-43(41-23-19-33-5-1-3-7-39(33)25-41)27-44(42-24-20-34-6-2-4-8-40(34)26-42)47(45)52-48(51-46)38-15-11-32(30-50)12-16-38/h1-28H. The van der Waals surface area contributed by atoms with E-state index in [-0.39, 0.29) is 0 Å². The largest absolute Gasteiger partial charge is 0.227 e. The Morgan fingerprint density at radius 2 is 0.846 bits per heavy atom. The van der Waals surface area contributed by atoms with E-state index in [1.54, 1.807) is 0 Å². The lowest BCUT2D eigenvalue weighted by molar-refractivity contribution is 1.23. The molecule has 4 nitrogen and oxygen atoms in total. The van der Waals surface area contributed by atoms with Crippen LogP contribution in [0.3, 0.4) is 0 Å². The summed E-state index contributed by atoms with van der Waals surface area (Å²) in [7, 11) is 0. The van der Waals surface area contributed by atoms with Gasteiger partial charge in [0.25, 0.3) is 0 Å². The van der Waals surface area contributed by atoms with Crippen LogP contribution in [-0.2, 0) is 0 Å². The third-order valence-electron chi connectivity index (χ3n) is 9.72. The highest BCUT2D eigenvalue weighted by Gasteiger charge is 2.18. The molecule has 240 valence electrons. The smallest absolute Gasteiger partial charge is 0.160 e. The summed E-state index contributed by atoms with van der Waals surface area (Å²) in [5, 5.41) is 24.4. The van der Waals surface area contributed by atoms with Crippen molar-refractivity contribution in [1.82, 2.24) is 9.97 Å². The molecule has 0 unspecified atom stereocenters. The number of fused-ring (bicyclic) bond motifs is 3. The minimum atomic E-state index is 0.583. The molecule has 0 amide bonds. The van der Waals surface area contributed by atoms with Crippen LogP contribution in [0.4, 0.5) is 0 Å². The number of nitriles is 2. The first-order valence-electron chi connectivity index (χ1n) is 17.1. The van der Waals surface area contributed by atoms with Crippen molar-refractivity contribution in [3.8, 4) is 68.2 Å². The van der Waals surface area contributed by atoms with Gasteiger partial charge >= 0.3 is 0 Å². The van der Waals surface area contributed by atoms with E-state index >= 15 is 0 Å². The maximum Gasteiger partial charge on any atom is 0.160 e. The van der Waals surface area contributed by atoms with Crippen LogP contribution >= 0.6 is 0 Å². The lowest BCUT2D eigenvalue weighted by Gasteiger charge is -2.16. The van der Waals surface area contributed by atoms with Crippen LogP contribution in [-0.4, -0.2) is 9.97 Å². The average Bonchev–Trinajstić information content (AvgIpc) is 3.22. The number of hydrogen-bond donors (Lipinski definition) is 0. The second-order valence-corrected chi connectivity index (χ2v) is 12.9. The second-order valence-electron chi connectivity index (χ2n) is 12.9. The van der Waals surface area contributed by atoms with Gasteiger partial charge in [-0.15, -0.1) is 0 Å². The van der Waals surface area contributed by atoms with Crippen molar-refractivity contribution in [3.05, 3.63) is 181 Å². The predicted molar refractivity (Wildman–Crippen MR) is 211 cm³/mol. The van der Waals surface area contributed by atoms with E-state index in [9.17, 15) is 10.5 Å². The van der Waals surface area contributed by atoms with Gasteiger partial charge in [0.1, 0.15) is 0 Å². The Kier molecular flexibility index (Phi) is 7.55. The topological polar surface area (TPSA) is 73.4 Å². The molecule has 0 aliphatic rings. The zero-order valence-electron chi connectivity index (χ0n) is 28.0. The summed E-state index contributed by atoms with van der Waals surface area (Å²) in [6, 6.07) is 62.4. The van der Waals surface area contributed by atoms with Gasteiger partial charge in [0.2, 0.25) is 0 Å². The Labute approximate surface area is 301 Å². The van der Waals surface area contributed by atoms with Crippen molar-refractivity contribution < 1.29 is 0 Å². The lowest BCUT2D eigenvalue weighted by atomic mass is 9.91. The van der Waals surface area contributed by atoms with Crippen molar-refractivity contribution in [1.29, 1.82) is 10.5 Å². The average molecular weight is 661 g/mol. The SMILES string of the molecule is N#Cc1ccc(-c2ccc(-c3nc(-c4ccc(C#N)cc4)nc4c(-c5ccc6ccccc6c5)cc(-c5ccc6ccccc6c5)cc34)cc2)cc1. The first-order valence-corrected chi connectivity index (χ1v) is 17.1. The van der Waals surface area contributed by atoms with Gasteiger partial charge in [-0.25, -0.2) is 9.97 Å². The molecule has 0 aliphatic carbocycles. The fourth-order valence-corrected chi connectivity index (χ4v) is 6.95. The molecule has 0 saturated heterocycles. The van der Waals surface area contributed by atoms with Crippen LogP contribution in [0.1, 0.15) is 11.1 Å². The Morgan fingerprint density at radius 1 is 0.365 bits per heavy atom. The predicted octanol–water partition coefficient (Wildman–Crippen LogP) is 12.0. The van der Waals surface area contributed by atoms with E-state index in [0.717, 1.165) is 66.5 Å². The number of nitrogens with zero attached hydrogens (tertiary/aromatic N) is 4. The third-order valence-corrected chi connectivity index (χ3v) is 9.72. The minimum Gasteiger partial charge on any atom is -0.227 e. The molecule has 9 rings (SSSR count). The first kappa shape index (κ1) is 30.6. The van der Waals surface area contributed by atoms with Gasteiger partial charge < -0.3 is 0 Å². The van der Waals surface area contributed by atoms with E-state index in [2.05, 4.69) is 133 Å². The van der Waals surface area contributed by atoms with E-state index in [4.69, 9.17) is 9.97 Å². The molecule has 0 radical (unpaired) electrons. The van der Waals surface area contributed by atoms with Crippen molar-refractivity contribution in [3.63, 3.8) is 0 Å². The molecule has 1 aromatic heterocycles. The van der Waals surface area contributed by atoms with Gasteiger partial charge in [0.15, 0.2) is 5.82 Å². The molecular formula is C48H28N4. The van der Waals surface area contributed by atoms with Crippen LogP contribution < -0.4 is 0 Å². The number of hydrogen-bond acceptors (Lipinski definition) is 4. The van der Waals surface area contributed by atoms with Crippen molar-refractivity contribution in [2.45, 2.75) is 0 Å². The molecule has 9 aromatic rings. The van der Waals surface area contributed by atoms with Crippen molar-refractivity contribution in [2.24, 2.45) is 0 Å². The molecule has 0 atom stereocenters. The molecule has 1 heterocycles. The van der Waals surface area contributed by atoms with Gasteiger partial charge in [-0.2, -0.15) is 10.5 Å². The number of rotatable bonds is 5. The van der Waals surface area contributed by atoms with Gasteiger partial charge in [-0.3, -0.25) is 0 Å². The highest BCUT2D eigenvalue weighted by molar-refractivity contribution is 6.06. The van der Waals surface area contributed by atoms with E-state index in [1.807, 2.05) is 48.5 Å². The molecule has 0 saturated carbocycles. The minimum absolute atomic E-state index is 0.583. The quantitative estimate of drug-likeness (QED) is 0.184. The Morgan fingerprint density at radius 3 is 1.44 bits per heavy atom. The second kappa shape index (κ2) is 12.8. The highest BCUT2D eigenvalue weighted by Crippen LogP contribution is 2.40. The van der Waals surface area contributed by atoms with Gasteiger partial charge in [-0.05, 0) is 110 Å². The zero-order chi connectivity index (χ0) is 35.0. The Bertz CT molecular complexity index is 2890. The van der Waals surface area contributed by atoms with Gasteiger partial charge in [-0.1, -0.05) is 109 Å². The number of aromatic nitrogens is 2. The maximum absolute atomic E-state index is 9.48. The normalized spacial score (nSPS) is 11.0. The fraction of sp³-hybridized carbons (Fsp3) is 0. The lowest BCUT2D eigenvalue weighted by Crippen LogP contribution is -1.98. The molecule has 4 heteroatoms. The van der Waals surface area contributed by atoms with E-state index in [1.165, 1.54) is 16.2 Å². The fourth-order valence-electron chi connectivity index (χ4n) is 6.95. The molecule has 0 N–H and O–H groups in total. The van der Waals surface area contributed by atoms with Crippen LogP contribution in [0.25, 0.3) is 88.5 Å². The summed E-state index contributed by atoms with van der Waals surface area (Å²) in [6.45, 7) is 0. The molecule has 52 heavy (non-hydrogen) atoms. The molecule has 8 aromatic carbocycles. The molecule has 0 fully saturated rings. The number of benzene rings is 8. The monoisotopic (exact) mass is 660 g/mol.